The van der Waals surface area contributed by atoms with E-state index in [2.05, 4.69) is 15.4 Å². The van der Waals surface area contributed by atoms with Crippen molar-refractivity contribution >= 4 is 28.2 Å². The molecule has 2 rings (SSSR count). The van der Waals surface area contributed by atoms with Crippen LogP contribution in [0.3, 0.4) is 0 Å². The highest BCUT2D eigenvalue weighted by molar-refractivity contribution is 7.14. The van der Waals surface area contributed by atoms with Crippen LogP contribution in [0.25, 0.3) is 0 Å². The lowest BCUT2D eigenvalue weighted by Gasteiger charge is -2.01. The molecule has 0 aliphatic heterocycles. The molecule has 0 unspecified atom stereocenters. The first-order chi connectivity index (χ1) is 9.01. The summed E-state index contributed by atoms with van der Waals surface area (Å²) in [4.78, 5) is 27.2. The van der Waals surface area contributed by atoms with E-state index in [-0.39, 0.29) is 11.7 Å². The monoisotopic (exact) mass is 278 g/mol. The fourth-order valence-corrected chi connectivity index (χ4v) is 2.31. The van der Waals surface area contributed by atoms with Crippen molar-refractivity contribution in [2.45, 2.75) is 20.3 Å². The number of nitrogens with one attached hydrogen (secondary N) is 1. The van der Waals surface area contributed by atoms with Gasteiger partial charge < -0.3 is 0 Å². The maximum atomic E-state index is 12.1. The summed E-state index contributed by atoms with van der Waals surface area (Å²) in [6, 6.07) is 1.74. The lowest BCUT2D eigenvalue weighted by molar-refractivity contribution is 0.1000. The topological polar surface area (TPSA) is 76.9 Å². The number of nitrogens with zero attached hydrogens (tertiary/aromatic N) is 3. The zero-order valence-electron chi connectivity index (χ0n) is 10.9. The molecule has 0 aliphatic rings. The first kappa shape index (κ1) is 13.4. The highest BCUT2D eigenvalue weighted by Gasteiger charge is 2.15. The van der Waals surface area contributed by atoms with E-state index in [9.17, 15) is 9.59 Å². The second-order valence-electron chi connectivity index (χ2n) is 4.05. The van der Waals surface area contributed by atoms with E-state index in [0.29, 0.717) is 16.5 Å². The second-order valence-corrected chi connectivity index (χ2v) is 4.90. The molecule has 0 saturated heterocycles. The van der Waals surface area contributed by atoms with Crippen molar-refractivity contribution in [2.75, 3.05) is 5.32 Å². The summed E-state index contributed by atoms with van der Waals surface area (Å²) in [5.74, 6) is -0.398. The van der Waals surface area contributed by atoms with Gasteiger partial charge in [-0.1, -0.05) is 6.92 Å². The molecule has 0 spiro atoms. The Kier molecular flexibility index (Phi) is 3.75. The van der Waals surface area contributed by atoms with Crippen molar-refractivity contribution in [3.63, 3.8) is 0 Å². The molecule has 0 atom stereocenters. The molecular formula is C12H14N4O2S. The van der Waals surface area contributed by atoms with Gasteiger partial charge in [-0.05, 0) is 12.5 Å². The maximum absolute atomic E-state index is 12.1. The summed E-state index contributed by atoms with van der Waals surface area (Å²) in [5, 5.41) is 8.91. The Morgan fingerprint density at radius 3 is 2.74 bits per heavy atom. The summed E-state index contributed by atoms with van der Waals surface area (Å²) in [7, 11) is 1.72. The molecule has 7 heteroatoms. The molecular weight excluding hydrogens is 264 g/mol. The average molecular weight is 278 g/mol. The Morgan fingerprint density at radius 1 is 1.47 bits per heavy atom. The summed E-state index contributed by atoms with van der Waals surface area (Å²) in [6.07, 6.45) is 0.771. The Bertz CT molecular complexity index is 629. The van der Waals surface area contributed by atoms with Crippen molar-refractivity contribution in [3.8, 4) is 0 Å². The third-order valence-corrected chi connectivity index (χ3v) is 3.37. The van der Waals surface area contributed by atoms with Gasteiger partial charge in [0.15, 0.2) is 10.9 Å². The summed E-state index contributed by atoms with van der Waals surface area (Å²) < 4.78 is 1.54. The number of hydrogen-bond acceptors (Lipinski definition) is 5. The van der Waals surface area contributed by atoms with Crippen LogP contribution in [0.4, 0.5) is 5.13 Å². The molecule has 0 bridgehead atoms. The average Bonchev–Trinajstić information content (AvgIpc) is 2.95. The van der Waals surface area contributed by atoms with Gasteiger partial charge in [-0.2, -0.15) is 5.10 Å². The van der Waals surface area contributed by atoms with Crippen LogP contribution in [0.5, 0.6) is 0 Å². The Hall–Kier alpha value is -2.02. The second kappa shape index (κ2) is 5.31. The van der Waals surface area contributed by atoms with Crippen molar-refractivity contribution < 1.29 is 9.59 Å². The van der Waals surface area contributed by atoms with E-state index in [1.54, 1.807) is 18.5 Å². The van der Waals surface area contributed by atoms with E-state index in [0.717, 1.165) is 12.1 Å². The number of rotatable bonds is 4. The molecule has 0 radical (unpaired) electrons. The van der Waals surface area contributed by atoms with E-state index >= 15 is 0 Å². The van der Waals surface area contributed by atoms with Gasteiger partial charge >= 0.3 is 0 Å². The third kappa shape index (κ3) is 2.87. The maximum Gasteiger partial charge on any atom is 0.275 e. The summed E-state index contributed by atoms with van der Waals surface area (Å²) in [5.41, 5.74) is 1.69. The largest absolute Gasteiger partial charge is 0.296 e. The third-order valence-electron chi connectivity index (χ3n) is 2.61. The fraction of sp³-hybridized carbons (Fsp3) is 0.333. The minimum absolute atomic E-state index is 0.120. The van der Waals surface area contributed by atoms with Crippen molar-refractivity contribution in [3.05, 3.63) is 28.5 Å². The number of ketones is 1. The zero-order valence-corrected chi connectivity index (χ0v) is 11.7. The van der Waals surface area contributed by atoms with Gasteiger partial charge in [0, 0.05) is 19.4 Å². The van der Waals surface area contributed by atoms with Crippen LogP contribution in [0.15, 0.2) is 11.4 Å². The predicted octanol–water partition coefficient (Wildman–Crippen LogP) is 1.89. The molecule has 0 saturated carbocycles. The molecule has 6 nitrogen and oxygen atoms in total. The molecule has 2 heterocycles. The van der Waals surface area contributed by atoms with Gasteiger partial charge in [0.1, 0.15) is 11.4 Å². The molecule has 2 aromatic rings. The van der Waals surface area contributed by atoms with Crippen LogP contribution >= 0.6 is 11.3 Å². The number of amides is 1. The van der Waals surface area contributed by atoms with Gasteiger partial charge in [0.05, 0.1) is 5.69 Å². The summed E-state index contributed by atoms with van der Waals surface area (Å²) >= 11 is 1.23. The fourth-order valence-electron chi connectivity index (χ4n) is 1.57. The number of carbonyl (C=O) groups excluding carboxylic acids is 2. The van der Waals surface area contributed by atoms with E-state index in [1.807, 2.05) is 6.92 Å². The Labute approximate surface area is 114 Å². The Balaban J connectivity index is 2.15. The SMILES string of the molecule is CCc1cc(C(=O)Nc2nc(C(C)=O)cs2)n(C)n1. The lowest BCUT2D eigenvalue weighted by atomic mass is 10.3. The van der Waals surface area contributed by atoms with Gasteiger partial charge in [0.2, 0.25) is 0 Å². The van der Waals surface area contributed by atoms with Crippen molar-refractivity contribution in [2.24, 2.45) is 7.05 Å². The smallest absolute Gasteiger partial charge is 0.275 e. The summed E-state index contributed by atoms with van der Waals surface area (Å²) in [6.45, 7) is 3.42. The number of aryl methyl sites for hydroxylation is 2. The van der Waals surface area contributed by atoms with Gasteiger partial charge in [-0.15, -0.1) is 11.3 Å². The molecule has 19 heavy (non-hydrogen) atoms. The standard InChI is InChI=1S/C12H14N4O2S/c1-4-8-5-10(16(3)15-8)11(18)14-12-13-9(6-19-12)7(2)17/h5-6H,4H2,1-3H3,(H,13,14,18). The van der Waals surface area contributed by atoms with Crippen LogP contribution in [0, 0.1) is 0 Å². The number of hydrogen-bond donors (Lipinski definition) is 1. The van der Waals surface area contributed by atoms with Crippen molar-refractivity contribution in [1.82, 2.24) is 14.8 Å². The molecule has 0 fully saturated rings. The molecule has 0 aliphatic carbocycles. The predicted molar refractivity (Wildman–Crippen MR) is 72.7 cm³/mol. The van der Waals surface area contributed by atoms with E-state index in [4.69, 9.17) is 0 Å². The first-order valence-corrected chi connectivity index (χ1v) is 6.70. The van der Waals surface area contributed by atoms with Crippen LogP contribution in [-0.4, -0.2) is 26.5 Å². The molecule has 2 aromatic heterocycles. The highest BCUT2D eigenvalue weighted by Crippen LogP contribution is 2.17. The minimum atomic E-state index is -0.279. The minimum Gasteiger partial charge on any atom is -0.296 e. The van der Waals surface area contributed by atoms with Gasteiger partial charge in [-0.3, -0.25) is 19.6 Å². The van der Waals surface area contributed by atoms with Crippen LogP contribution in [0.1, 0.15) is 40.5 Å². The molecule has 1 amide bonds. The van der Waals surface area contributed by atoms with E-state index in [1.165, 1.54) is 22.9 Å². The first-order valence-electron chi connectivity index (χ1n) is 5.82. The van der Waals surface area contributed by atoms with Gasteiger partial charge in [-0.25, -0.2) is 4.98 Å². The number of anilines is 1. The van der Waals surface area contributed by atoms with Crippen LogP contribution in [0.2, 0.25) is 0 Å². The zero-order chi connectivity index (χ0) is 14.0. The highest BCUT2D eigenvalue weighted by atomic mass is 32.1. The number of aromatic nitrogens is 3. The van der Waals surface area contributed by atoms with Gasteiger partial charge in [0.25, 0.3) is 5.91 Å². The van der Waals surface area contributed by atoms with Crippen LogP contribution < -0.4 is 5.32 Å². The lowest BCUT2D eigenvalue weighted by Crippen LogP contribution is -2.16. The van der Waals surface area contributed by atoms with Crippen LogP contribution in [-0.2, 0) is 13.5 Å². The van der Waals surface area contributed by atoms with Crippen molar-refractivity contribution in [1.29, 1.82) is 0 Å². The number of thiazole rings is 1. The molecule has 100 valence electrons. The normalized spacial score (nSPS) is 10.5. The van der Waals surface area contributed by atoms with E-state index < -0.39 is 0 Å². The number of Topliss-reactive ketones (excluding diaryl/α,β-unsaturated/α-hetero) is 1. The Morgan fingerprint density at radius 2 is 2.21 bits per heavy atom. The quantitative estimate of drug-likeness (QED) is 0.866. The molecule has 1 N–H and O–H groups in total. The number of carbonyl (C=O) groups is 2. The molecule has 0 aromatic carbocycles.